The number of aromatic nitrogens is 1. The highest BCUT2D eigenvalue weighted by molar-refractivity contribution is 7.53. The van der Waals surface area contributed by atoms with Gasteiger partial charge < -0.3 is 29.6 Å². The molecular weight excluding hydrogens is 705 g/mol. The smallest absolute Gasteiger partial charge is 0.336 e. The number of carbonyl (C=O) groups excluding carboxylic acids is 4. The lowest BCUT2D eigenvalue weighted by Crippen LogP contribution is -2.29. The first-order valence-electron chi connectivity index (χ1n) is 17.2. The van der Waals surface area contributed by atoms with Crippen LogP contribution in [0.4, 0.5) is 10.5 Å². The maximum atomic E-state index is 13.4. The highest BCUT2D eigenvalue weighted by Gasteiger charge is 2.30. The Hall–Kier alpha value is -4.52. The maximum absolute atomic E-state index is 13.4. The fourth-order valence-electron chi connectivity index (χ4n) is 4.28. The molecule has 1 aromatic heterocycles. The molecule has 2 aromatic carbocycles. The lowest BCUT2D eigenvalue weighted by atomic mass is 9.97. The molecule has 0 unspecified atom stereocenters. The van der Waals surface area contributed by atoms with E-state index in [-0.39, 0.29) is 18.7 Å². The lowest BCUT2D eigenvalue weighted by Gasteiger charge is -2.22. The summed E-state index contributed by atoms with van der Waals surface area (Å²) >= 11 is 0. The number of ether oxygens (including phenoxy) is 4. The van der Waals surface area contributed by atoms with Gasteiger partial charge in [0.05, 0.1) is 35.0 Å². The Balaban J connectivity index is 1.57. The molecule has 15 heteroatoms. The van der Waals surface area contributed by atoms with Gasteiger partial charge in [-0.3, -0.25) is 33.0 Å². The quantitative estimate of drug-likeness (QED) is 0.0502. The van der Waals surface area contributed by atoms with E-state index in [0.29, 0.717) is 30.0 Å². The Morgan fingerprint density at radius 3 is 1.89 bits per heavy atom. The first-order chi connectivity index (χ1) is 24.6. The fraction of sp³-hybridized carbons (Fsp3) is 0.500. The van der Waals surface area contributed by atoms with Crippen LogP contribution >= 0.6 is 7.60 Å². The van der Waals surface area contributed by atoms with Crippen LogP contribution in [-0.2, 0) is 37.5 Å². The third-order valence-electron chi connectivity index (χ3n) is 7.50. The lowest BCUT2D eigenvalue weighted by molar-refractivity contribution is -0.162. The minimum absolute atomic E-state index is 0.0763. The Labute approximate surface area is 311 Å². The van der Waals surface area contributed by atoms with E-state index >= 15 is 0 Å². The van der Waals surface area contributed by atoms with Crippen molar-refractivity contribution in [3.8, 4) is 22.6 Å². The van der Waals surface area contributed by atoms with E-state index < -0.39 is 55.4 Å². The van der Waals surface area contributed by atoms with Crippen LogP contribution in [0.5, 0.6) is 11.5 Å². The molecule has 0 aliphatic rings. The molecule has 53 heavy (non-hydrogen) atoms. The van der Waals surface area contributed by atoms with Gasteiger partial charge in [-0.2, -0.15) is 0 Å². The van der Waals surface area contributed by atoms with Crippen molar-refractivity contribution in [2.75, 3.05) is 38.7 Å². The van der Waals surface area contributed by atoms with Crippen LogP contribution in [0.2, 0.25) is 0 Å². The van der Waals surface area contributed by atoms with Crippen LogP contribution in [0, 0.1) is 16.2 Å². The van der Waals surface area contributed by atoms with E-state index in [1.54, 1.807) is 98.8 Å². The van der Waals surface area contributed by atoms with Crippen molar-refractivity contribution in [3.05, 3.63) is 48.7 Å². The number of nitrogens with one attached hydrogen (secondary N) is 2. The number of urea groups is 1. The van der Waals surface area contributed by atoms with Crippen LogP contribution in [0.15, 0.2) is 48.7 Å². The standard InChI is InChI=1S/C38H52N3O11P/c1-36(2,3)32(42)48-23-50-53(46,51-24-49-33(43)37(4,5)6)18-12-11-17-39-35(45)41-28-14-15-29-26(20-28)19-27(22-40-29)25-13-16-30(31(21-25)47-10)52-34(44)38(7,8)9/h13-16,19-22H,11-12,17-18,23-24H2,1-10H3,(H2,39,41,45). The minimum atomic E-state index is -3.84. The Morgan fingerprint density at radius 1 is 0.717 bits per heavy atom. The summed E-state index contributed by atoms with van der Waals surface area (Å²) < 4.78 is 45.3. The van der Waals surface area contributed by atoms with Crippen molar-refractivity contribution in [2.45, 2.75) is 75.2 Å². The summed E-state index contributed by atoms with van der Waals surface area (Å²) in [6.45, 7) is 14.4. The van der Waals surface area contributed by atoms with E-state index in [4.69, 9.17) is 28.0 Å². The molecule has 0 saturated heterocycles. The second-order valence-electron chi connectivity index (χ2n) is 15.4. The predicted molar refractivity (Wildman–Crippen MR) is 201 cm³/mol. The minimum Gasteiger partial charge on any atom is -0.493 e. The highest BCUT2D eigenvalue weighted by atomic mass is 31.2. The molecule has 0 aliphatic carbocycles. The molecule has 0 bridgehead atoms. The van der Waals surface area contributed by atoms with Crippen LogP contribution in [0.25, 0.3) is 22.0 Å². The van der Waals surface area contributed by atoms with Gasteiger partial charge in [0.15, 0.2) is 11.5 Å². The van der Waals surface area contributed by atoms with Crippen molar-refractivity contribution in [1.29, 1.82) is 0 Å². The molecule has 0 aliphatic heterocycles. The zero-order valence-electron chi connectivity index (χ0n) is 32.2. The average molecular weight is 758 g/mol. The van der Waals surface area contributed by atoms with E-state index in [9.17, 15) is 23.7 Å². The second kappa shape index (κ2) is 18.0. The zero-order chi connectivity index (χ0) is 39.6. The van der Waals surface area contributed by atoms with Gasteiger partial charge in [-0.1, -0.05) is 6.07 Å². The number of benzene rings is 2. The predicted octanol–water partition coefficient (Wildman–Crippen LogP) is 8.08. The van der Waals surface area contributed by atoms with Gasteiger partial charge >= 0.3 is 31.5 Å². The summed E-state index contributed by atoms with van der Waals surface area (Å²) in [5, 5.41) is 6.35. The number of pyridine rings is 1. The normalized spacial score (nSPS) is 12.2. The summed E-state index contributed by atoms with van der Waals surface area (Å²) in [7, 11) is -2.34. The largest absolute Gasteiger partial charge is 0.493 e. The monoisotopic (exact) mass is 757 g/mol. The molecule has 0 atom stereocenters. The topological polar surface area (TPSA) is 178 Å². The van der Waals surface area contributed by atoms with Crippen molar-refractivity contribution < 1.29 is 51.7 Å². The van der Waals surface area contributed by atoms with Gasteiger partial charge in [0.25, 0.3) is 0 Å². The van der Waals surface area contributed by atoms with Gasteiger partial charge in [0, 0.05) is 29.4 Å². The van der Waals surface area contributed by atoms with Gasteiger partial charge in [0.1, 0.15) is 0 Å². The van der Waals surface area contributed by atoms with Crippen LogP contribution in [-0.4, -0.2) is 62.3 Å². The molecular formula is C38H52N3O11P. The number of esters is 3. The number of nitrogens with zero attached hydrogens (tertiary/aromatic N) is 1. The van der Waals surface area contributed by atoms with Crippen molar-refractivity contribution in [3.63, 3.8) is 0 Å². The summed E-state index contributed by atoms with van der Waals surface area (Å²) in [5.74, 6) is -0.756. The van der Waals surface area contributed by atoms with Crippen molar-refractivity contribution in [1.82, 2.24) is 10.3 Å². The van der Waals surface area contributed by atoms with Crippen LogP contribution in [0.1, 0.15) is 75.2 Å². The molecule has 2 amide bonds. The number of fused-ring (bicyclic) bond motifs is 1. The SMILES string of the molecule is COc1cc(-c2cnc3ccc(NC(=O)NCCCCP(=O)(OCOC(=O)C(C)(C)C)OCOC(=O)C(C)(C)C)cc3c2)ccc1OC(=O)C(C)(C)C. The third kappa shape index (κ3) is 13.4. The number of methoxy groups -OCH3 is 1. The van der Waals surface area contributed by atoms with E-state index in [1.165, 1.54) is 7.11 Å². The van der Waals surface area contributed by atoms with Crippen molar-refractivity contribution in [2.24, 2.45) is 16.2 Å². The number of hydrogen-bond acceptors (Lipinski definition) is 12. The second-order valence-corrected chi connectivity index (χ2v) is 17.6. The highest BCUT2D eigenvalue weighted by Crippen LogP contribution is 2.49. The summed E-state index contributed by atoms with van der Waals surface area (Å²) in [6, 6.07) is 12.1. The summed E-state index contributed by atoms with van der Waals surface area (Å²) in [6.07, 6.45) is 2.38. The Kier molecular flexibility index (Phi) is 14.6. The molecule has 3 aromatic rings. The summed E-state index contributed by atoms with van der Waals surface area (Å²) in [5.41, 5.74) is 0.584. The average Bonchev–Trinajstić information content (AvgIpc) is 3.06. The number of anilines is 1. The van der Waals surface area contributed by atoms with E-state index in [0.717, 1.165) is 22.0 Å². The first-order valence-corrected chi connectivity index (χ1v) is 18.9. The zero-order valence-corrected chi connectivity index (χ0v) is 33.1. The molecule has 0 fully saturated rings. The van der Waals surface area contributed by atoms with Crippen molar-refractivity contribution >= 4 is 48.1 Å². The molecule has 3 rings (SSSR count). The first kappa shape index (κ1) is 42.9. The van der Waals surface area contributed by atoms with Crippen LogP contribution < -0.4 is 20.1 Å². The fourth-order valence-corrected chi connectivity index (χ4v) is 5.65. The number of hydrogen-bond donors (Lipinski definition) is 2. The van der Waals surface area contributed by atoms with Gasteiger partial charge in [-0.25, -0.2) is 4.79 Å². The van der Waals surface area contributed by atoms with Gasteiger partial charge in [-0.05, 0) is 117 Å². The van der Waals surface area contributed by atoms with Crippen LogP contribution in [0.3, 0.4) is 0 Å². The van der Waals surface area contributed by atoms with Gasteiger partial charge in [-0.15, -0.1) is 0 Å². The molecule has 0 radical (unpaired) electrons. The van der Waals surface area contributed by atoms with Gasteiger partial charge in [0.2, 0.25) is 13.6 Å². The molecule has 0 saturated carbocycles. The molecule has 1 heterocycles. The molecule has 14 nitrogen and oxygen atoms in total. The van der Waals surface area contributed by atoms with E-state index in [2.05, 4.69) is 15.6 Å². The van der Waals surface area contributed by atoms with E-state index in [1.807, 2.05) is 12.1 Å². The number of rotatable bonds is 15. The Bertz CT molecular complexity index is 1790. The molecule has 0 spiro atoms. The number of unbranched alkanes of at least 4 members (excludes halogenated alkanes) is 1. The third-order valence-corrected chi connectivity index (χ3v) is 9.36. The number of carbonyl (C=O) groups is 4. The number of amides is 2. The molecule has 290 valence electrons. The summed E-state index contributed by atoms with van der Waals surface area (Å²) in [4.78, 5) is 53.9. The Morgan fingerprint density at radius 2 is 1.32 bits per heavy atom. The maximum Gasteiger partial charge on any atom is 0.336 e. The molecule has 2 N–H and O–H groups in total.